The molecule has 1 aliphatic carbocycles. The highest BCUT2D eigenvalue weighted by molar-refractivity contribution is 6.53. The number of hydrogen-bond acceptors (Lipinski definition) is 2. The third-order valence-corrected chi connectivity index (χ3v) is 5.42. The monoisotopic (exact) mass is 324 g/mol. The summed E-state index contributed by atoms with van der Waals surface area (Å²) in [5.74, 6) is -0.0214. The van der Waals surface area contributed by atoms with Crippen molar-refractivity contribution in [3.63, 3.8) is 0 Å². The van der Waals surface area contributed by atoms with E-state index in [2.05, 4.69) is 6.07 Å². The van der Waals surface area contributed by atoms with Gasteiger partial charge in [-0.15, -0.1) is 23.2 Å². The van der Waals surface area contributed by atoms with Crippen LogP contribution in [0.25, 0.3) is 0 Å². The smallest absolute Gasteiger partial charge is 0.232 e. The zero-order valence-electron chi connectivity index (χ0n) is 12.4. The maximum Gasteiger partial charge on any atom is 0.232 e. The van der Waals surface area contributed by atoms with Crippen LogP contribution in [0, 0.1) is 16.7 Å². The first-order valence-electron chi connectivity index (χ1n) is 6.96. The Morgan fingerprint density at radius 3 is 2.33 bits per heavy atom. The molecular formula is C16H18Cl2N2O. The summed E-state index contributed by atoms with van der Waals surface area (Å²) in [5, 5.41) is 8.84. The summed E-state index contributed by atoms with van der Waals surface area (Å²) in [6.07, 6.45) is 0.485. The van der Waals surface area contributed by atoms with E-state index in [1.54, 1.807) is 17.0 Å². The van der Waals surface area contributed by atoms with Gasteiger partial charge in [-0.1, -0.05) is 12.1 Å². The first-order valence-corrected chi connectivity index (χ1v) is 7.71. The van der Waals surface area contributed by atoms with E-state index in [4.69, 9.17) is 28.5 Å². The Labute approximate surface area is 135 Å². The molecule has 112 valence electrons. The molecule has 0 aromatic heterocycles. The molecule has 0 saturated heterocycles. The van der Waals surface area contributed by atoms with Crippen LogP contribution in [0.15, 0.2) is 24.3 Å². The van der Waals surface area contributed by atoms with Crippen molar-refractivity contribution in [3.8, 4) is 6.07 Å². The predicted molar refractivity (Wildman–Crippen MR) is 84.1 cm³/mol. The summed E-state index contributed by atoms with van der Waals surface area (Å²) in [6.45, 7) is 6.30. The second kappa shape index (κ2) is 5.51. The van der Waals surface area contributed by atoms with Crippen LogP contribution >= 0.6 is 23.2 Å². The second-order valence-electron chi connectivity index (χ2n) is 5.71. The second-order valence-corrected chi connectivity index (χ2v) is 7.20. The number of nitriles is 1. The van der Waals surface area contributed by atoms with Crippen molar-refractivity contribution in [2.75, 3.05) is 6.54 Å². The van der Waals surface area contributed by atoms with Crippen LogP contribution in [0.2, 0.25) is 0 Å². The third-order valence-electron chi connectivity index (χ3n) is 4.32. The number of nitrogens with zero attached hydrogens (tertiary/aromatic N) is 2. The van der Waals surface area contributed by atoms with Gasteiger partial charge in [0.2, 0.25) is 5.91 Å². The molecule has 1 amide bonds. The normalized spacial score (nSPS) is 24.0. The Morgan fingerprint density at radius 2 is 1.95 bits per heavy atom. The molecular weight excluding hydrogens is 307 g/mol. The van der Waals surface area contributed by atoms with Gasteiger partial charge in [0.25, 0.3) is 0 Å². The van der Waals surface area contributed by atoms with Gasteiger partial charge < -0.3 is 4.90 Å². The van der Waals surface area contributed by atoms with Crippen molar-refractivity contribution in [1.82, 2.24) is 4.90 Å². The molecule has 0 N–H and O–H groups in total. The minimum atomic E-state index is -0.956. The Morgan fingerprint density at radius 1 is 1.43 bits per heavy atom. The average Bonchev–Trinajstić information content (AvgIpc) is 2.99. The minimum absolute atomic E-state index is 0.0214. The fraction of sp³-hybridized carbons (Fsp3) is 0.500. The lowest BCUT2D eigenvalue weighted by Gasteiger charge is -2.31. The predicted octanol–water partition coefficient (Wildman–Crippen LogP) is 4.05. The number of carbonyl (C=O) groups excluding carboxylic acids is 1. The molecule has 1 aromatic rings. The lowest BCUT2D eigenvalue weighted by atomic mass is 10.0. The first kappa shape index (κ1) is 16.1. The molecule has 21 heavy (non-hydrogen) atoms. The van der Waals surface area contributed by atoms with Gasteiger partial charge in [-0.05, 0) is 44.9 Å². The van der Waals surface area contributed by atoms with Crippen molar-refractivity contribution in [2.45, 2.75) is 37.6 Å². The summed E-state index contributed by atoms with van der Waals surface area (Å²) >= 11 is 12.2. The average molecular weight is 325 g/mol. The van der Waals surface area contributed by atoms with Gasteiger partial charge in [0.05, 0.1) is 23.1 Å². The van der Waals surface area contributed by atoms with Crippen molar-refractivity contribution in [3.05, 3.63) is 35.4 Å². The van der Waals surface area contributed by atoms with E-state index in [-0.39, 0.29) is 11.9 Å². The Kier molecular flexibility index (Phi) is 4.24. The number of alkyl halides is 2. The number of amides is 1. The van der Waals surface area contributed by atoms with Crippen LogP contribution in [0.4, 0.5) is 0 Å². The van der Waals surface area contributed by atoms with Gasteiger partial charge in [-0.3, -0.25) is 4.79 Å². The number of rotatable bonds is 4. The summed E-state index contributed by atoms with van der Waals surface area (Å²) in [6, 6.07) is 9.28. The standard InChI is InChI=1S/C16H18Cl2N2O/c1-4-20(14(21)15(3)10-16(15,17)18)11(2)13-7-5-12(9-19)6-8-13/h5-8,11H,4,10H2,1-3H3. The third kappa shape index (κ3) is 2.75. The Hall–Kier alpha value is -1.24. The zero-order valence-corrected chi connectivity index (χ0v) is 13.9. The summed E-state index contributed by atoms with van der Waals surface area (Å²) in [4.78, 5) is 14.5. The van der Waals surface area contributed by atoms with Crippen LogP contribution < -0.4 is 0 Å². The van der Waals surface area contributed by atoms with Gasteiger partial charge in [-0.2, -0.15) is 5.26 Å². The summed E-state index contributed by atoms with van der Waals surface area (Å²) in [5.41, 5.74) is 0.894. The van der Waals surface area contributed by atoms with Crippen molar-refractivity contribution in [1.29, 1.82) is 5.26 Å². The van der Waals surface area contributed by atoms with E-state index < -0.39 is 9.75 Å². The summed E-state index contributed by atoms with van der Waals surface area (Å²) < 4.78 is -0.956. The Bertz CT molecular complexity index is 591. The molecule has 1 fully saturated rings. The van der Waals surface area contributed by atoms with Gasteiger partial charge in [0.1, 0.15) is 4.33 Å². The van der Waals surface area contributed by atoms with Crippen LogP contribution in [0.5, 0.6) is 0 Å². The van der Waals surface area contributed by atoms with Crippen LogP contribution in [-0.2, 0) is 4.79 Å². The molecule has 5 heteroatoms. The molecule has 0 spiro atoms. The van der Waals surface area contributed by atoms with Crippen molar-refractivity contribution < 1.29 is 4.79 Å². The van der Waals surface area contributed by atoms with Crippen molar-refractivity contribution in [2.24, 2.45) is 5.41 Å². The molecule has 2 rings (SSSR count). The van der Waals surface area contributed by atoms with Gasteiger partial charge >= 0.3 is 0 Å². The van der Waals surface area contributed by atoms with Gasteiger partial charge in [-0.25, -0.2) is 0 Å². The highest BCUT2D eigenvalue weighted by Gasteiger charge is 2.68. The molecule has 0 bridgehead atoms. The highest BCUT2D eigenvalue weighted by Crippen LogP contribution is 2.64. The first-order chi connectivity index (χ1) is 9.76. The quantitative estimate of drug-likeness (QED) is 0.784. The lowest BCUT2D eigenvalue weighted by Crippen LogP contribution is -2.39. The van der Waals surface area contributed by atoms with E-state index in [9.17, 15) is 4.79 Å². The van der Waals surface area contributed by atoms with Crippen LogP contribution in [0.3, 0.4) is 0 Å². The van der Waals surface area contributed by atoms with Crippen LogP contribution in [-0.4, -0.2) is 21.7 Å². The number of carbonyl (C=O) groups is 1. The van der Waals surface area contributed by atoms with E-state index >= 15 is 0 Å². The van der Waals surface area contributed by atoms with Crippen molar-refractivity contribution >= 4 is 29.1 Å². The Balaban J connectivity index is 2.21. The molecule has 2 atom stereocenters. The molecule has 2 unspecified atom stereocenters. The fourth-order valence-electron chi connectivity index (χ4n) is 2.56. The van der Waals surface area contributed by atoms with Gasteiger partial charge in [0.15, 0.2) is 0 Å². The fourth-order valence-corrected chi connectivity index (χ4v) is 3.25. The number of halogens is 2. The summed E-state index contributed by atoms with van der Waals surface area (Å²) in [7, 11) is 0. The molecule has 0 radical (unpaired) electrons. The molecule has 0 heterocycles. The molecule has 3 nitrogen and oxygen atoms in total. The largest absolute Gasteiger partial charge is 0.336 e. The SMILES string of the molecule is CCN(C(=O)C1(C)CC1(Cl)Cl)C(C)c1ccc(C#N)cc1. The van der Waals surface area contributed by atoms with Gasteiger partial charge in [0, 0.05) is 6.54 Å². The molecule has 1 aliphatic rings. The number of benzene rings is 1. The van der Waals surface area contributed by atoms with E-state index in [0.29, 0.717) is 18.5 Å². The lowest BCUT2D eigenvalue weighted by molar-refractivity contribution is -0.138. The molecule has 1 aromatic carbocycles. The number of hydrogen-bond donors (Lipinski definition) is 0. The zero-order chi connectivity index (χ0) is 15.8. The van der Waals surface area contributed by atoms with Crippen LogP contribution in [0.1, 0.15) is 44.4 Å². The van der Waals surface area contributed by atoms with E-state index in [1.807, 2.05) is 32.9 Å². The topological polar surface area (TPSA) is 44.1 Å². The minimum Gasteiger partial charge on any atom is -0.336 e. The highest BCUT2D eigenvalue weighted by atomic mass is 35.5. The molecule has 0 aliphatic heterocycles. The molecule has 1 saturated carbocycles. The van der Waals surface area contributed by atoms with E-state index in [1.165, 1.54) is 0 Å². The van der Waals surface area contributed by atoms with E-state index in [0.717, 1.165) is 5.56 Å². The maximum absolute atomic E-state index is 12.7. The maximum atomic E-state index is 12.7.